The van der Waals surface area contributed by atoms with Crippen LogP contribution in [0.1, 0.15) is 23.0 Å². The Labute approximate surface area is 199 Å². The van der Waals surface area contributed by atoms with Crippen LogP contribution in [-0.2, 0) is 16.1 Å². The number of nitrogens with zero attached hydrogens (tertiary/aromatic N) is 3. The normalized spacial score (nSPS) is 10.8. The fourth-order valence-corrected chi connectivity index (χ4v) is 3.68. The van der Waals surface area contributed by atoms with Crippen molar-refractivity contribution < 1.29 is 14.3 Å². The van der Waals surface area contributed by atoms with E-state index in [1.807, 2.05) is 30.3 Å². The first-order chi connectivity index (χ1) is 16.9. The number of likely N-dealkylation sites (N-methyl/N-ethyl adjacent to an activating group) is 1. The number of aromatic nitrogens is 3. The van der Waals surface area contributed by atoms with Crippen LogP contribution in [0.3, 0.4) is 0 Å². The number of esters is 1. The summed E-state index contributed by atoms with van der Waals surface area (Å²) in [6.45, 7) is 1.15. The molecule has 0 saturated carbocycles. The van der Waals surface area contributed by atoms with Gasteiger partial charge in [0.2, 0.25) is 0 Å². The maximum absolute atomic E-state index is 12.9. The second kappa shape index (κ2) is 10.0. The molecule has 3 N–H and O–H groups in total. The van der Waals surface area contributed by atoms with Crippen LogP contribution in [0.15, 0.2) is 76.3 Å². The molecule has 4 rings (SSSR count). The summed E-state index contributed by atoms with van der Waals surface area (Å²) in [6, 6.07) is 19.6. The molecular weight excluding hydrogens is 450 g/mol. The Balaban J connectivity index is 1.55. The Kier molecular flexibility index (Phi) is 6.72. The first kappa shape index (κ1) is 23.4. The summed E-state index contributed by atoms with van der Waals surface area (Å²) in [5.41, 5.74) is 5.93. The van der Waals surface area contributed by atoms with Crippen LogP contribution in [-0.4, -0.2) is 39.6 Å². The molecule has 0 aliphatic heterocycles. The van der Waals surface area contributed by atoms with Crippen LogP contribution < -0.4 is 21.9 Å². The fourth-order valence-electron chi connectivity index (χ4n) is 3.68. The number of pyridine rings is 1. The van der Waals surface area contributed by atoms with E-state index in [2.05, 4.69) is 9.97 Å². The highest BCUT2D eigenvalue weighted by Crippen LogP contribution is 2.18. The average Bonchev–Trinajstić information content (AvgIpc) is 2.87. The van der Waals surface area contributed by atoms with E-state index in [-0.39, 0.29) is 30.3 Å². The SMILES string of the molecule is CCN(C(=O)COC(=O)c1ccc2ccccc2n1)c1c(N)n(Cc2ccccc2)c(=O)[nH]c1=O. The maximum atomic E-state index is 12.9. The summed E-state index contributed by atoms with van der Waals surface area (Å²) in [7, 11) is 0. The lowest BCUT2D eigenvalue weighted by Gasteiger charge is -2.23. The Morgan fingerprint density at radius 1 is 1.03 bits per heavy atom. The van der Waals surface area contributed by atoms with Crippen molar-refractivity contribution in [3.8, 4) is 0 Å². The quantitative estimate of drug-likeness (QED) is 0.391. The second-order valence-electron chi connectivity index (χ2n) is 7.67. The number of hydrogen-bond donors (Lipinski definition) is 2. The molecule has 0 radical (unpaired) electrons. The van der Waals surface area contributed by atoms with Gasteiger partial charge in [0.25, 0.3) is 11.5 Å². The van der Waals surface area contributed by atoms with E-state index < -0.39 is 29.7 Å². The Morgan fingerprint density at radius 3 is 2.49 bits per heavy atom. The largest absolute Gasteiger partial charge is 0.451 e. The van der Waals surface area contributed by atoms with Crippen LogP contribution in [0.5, 0.6) is 0 Å². The molecule has 0 aliphatic carbocycles. The van der Waals surface area contributed by atoms with E-state index in [0.29, 0.717) is 5.52 Å². The Morgan fingerprint density at radius 2 is 1.74 bits per heavy atom. The highest BCUT2D eigenvalue weighted by molar-refractivity contribution is 5.98. The average molecular weight is 473 g/mol. The molecule has 0 aliphatic rings. The lowest BCUT2D eigenvalue weighted by atomic mass is 10.2. The number of H-pyrrole nitrogens is 1. The van der Waals surface area contributed by atoms with Crippen LogP contribution in [0.25, 0.3) is 10.9 Å². The van der Waals surface area contributed by atoms with Crippen molar-refractivity contribution in [2.45, 2.75) is 13.5 Å². The van der Waals surface area contributed by atoms with Gasteiger partial charge in [-0.1, -0.05) is 54.6 Å². The van der Waals surface area contributed by atoms with E-state index in [9.17, 15) is 19.2 Å². The topological polar surface area (TPSA) is 140 Å². The number of nitrogens with one attached hydrogen (secondary N) is 1. The summed E-state index contributed by atoms with van der Waals surface area (Å²) in [5.74, 6) is -1.62. The van der Waals surface area contributed by atoms with Gasteiger partial charge in [-0.15, -0.1) is 0 Å². The molecule has 178 valence electrons. The predicted octanol–water partition coefficient (Wildman–Crippen LogP) is 1.93. The number of anilines is 2. The number of nitrogens with two attached hydrogens (primary N) is 1. The minimum Gasteiger partial charge on any atom is -0.451 e. The molecule has 0 spiro atoms. The van der Waals surface area contributed by atoms with E-state index in [4.69, 9.17) is 10.5 Å². The number of rotatable bonds is 7. The number of fused-ring (bicyclic) bond motifs is 1. The lowest BCUT2D eigenvalue weighted by Crippen LogP contribution is -2.42. The lowest BCUT2D eigenvalue weighted by molar-refractivity contribution is -0.121. The molecule has 0 fully saturated rings. The number of nitrogen functional groups attached to an aromatic ring is 1. The molecule has 10 nitrogen and oxygen atoms in total. The van der Waals surface area contributed by atoms with E-state index in [1.54, 1.807) is 37.3 Å². The van der Waals surface area contributed by atoms with Gasteiger partial charge in [0.15, 0.2) is 12.3 Å². The van der Waals surface area contributed by atoms with Crippen molar-refractivity contribution in [1.82, 2.24) is 14.5 Å². The third-order valence-corrected chi connectivity index (χ3v) is 5.42. The molecule has 2 aromatic carbocycles. The molecule has 10 heteroatoms. The van der Waals surface area contributed by atoms with Crippen molar-refractivity contribution in [2.24, 2.45) is 0 Å². The van der Waals surface area contributed by atoms with Gasteiger partial charge >= 0.3 is 11.7 Å². The molecule has 0 saturated heterocycles. The van der Waals surface area contributed by atoms with Crippen molar-refractivity contribution >= 4 is 34.3 Å². The molecule has 2 aromatic heterocycles. The molecule has 35 heavy (non-hydrogen) atoms. The zero-order chi connectivity index (χ0) is 24.9. The van der Waals surface area contributed by atoms with Gasteiger partial charge in [0.1, 0.15) is 11.5 Å². The van der Waals surface area contributed by atoms with Gasteiger partial charge in [-0.2, -0.15) is 0 Å². The summed E-state index contributed by atoms with van der Waals surface area (Å²) >= 11 is 0. The van der Waals surface area contributed by atoms with Crippen molar-refractivity contribution in [2.75, 3.05) is 23.8 Å². The van der Waals surface area contributed by atoms with Crippen molar-refractivity contribution in [3.63, 3.8) is 0 Å². The van der Waals surface area contributed by atoms with Gasteiger partial charge in [0.05, 0.1) is 12.1 Å². The minimum atomic E-state index is -0.811. The standard InChI is InChI=1S/C25H23N5O5/c1-2-29(20(31)15-35-24(33)19-13-12-17-10-6-7-11-18(17)27-19)21-22(26)30(25(34)28-23(21)32)14-16-8-4-3-5-9-16/h3-13H,2,14-15,26H2,1H3,(H,28,32,34). The van der Waals surface area contributed by atoms with Gasteiger partial charge in [-0.05, 0) is 24.6 Å². The fraction of sp³-hybridized carbons (Fsp3) is 0.160. The molecule has 0 unspecified atom stereocenters. The van der Waals surface area contributed by atoms with Gasteiger partial charge in [-0.25, -0.2) is 14.6 Å². The number of para-hydroxylation sites is 1. The summed E-state index contributed by atoms with van der Waals surface area (Å²) in [4.78, 5) is 57.9. The summed E-state index contributed by atoms with van der Waals surface area (Å²) < 4.78 is 6.33. The number of carbonyl (C=O) groups is 2. The van der Waals surface area contributed by atoms with E-state index >= 15 is 0 Å². The molecule has 1 amide bonds. The van der Waals surface area contributed by atoms with Crippen LogP contribution >= 0.6 is 0 Å². The van der Waals surface area contributed by atoms with Gasteiger partial charge in [-0.3, -0.25) is 19.1 Å². The minimum absolute atomic E-state index is 0.0494. The number of amides is 1. The zero-order valence-corrected chi connectivity index (χ0v) is 18.9. The summed E-state index contributed by atoms with van der Waals surface area (Å²) in [6.07, 6.45) is 0. The number of aromatic amines is 1. The molecule has 0 atom stereocenters. The number of carbonyl (C=O) groups excluding carboxylic acids is 2. The summed E-state index contributed by atoms with van der Waals surface area (Å²) in [5, 5.41) is 0.859. The van der Waals surface area contributed by atoms with Crippen molar-refractivity contribution in [3.05, 3.63) is 98.8 Å². The second-order valence-corrected chi connectivity index (χ2v) is 7.67. The van der Waals surface area contributed by atoms with E-state index in [1.165, 1.54) is 10.6 Å². The third kappa shape index (κ3) is 4.96. The molecule has 0 bridgehead atoms. The number of hydrogen-bond acceptors (Lipinski definition) is 7. The molecule has 4 aromatic rings. The number of ether oxygens (including phenoxy) is 1. The zero-order valence-electron chi connectivity index (χ0n) is 18.9. The van der Waals surface area contributed by atoms with E-state index in [0.717, 1.165) is 15.8 Å². The van der Waals surface area contributed by atoms with Crippen LogP contribution in [0, 0.1) is 0 Å². The third-order valence-electron chi connectivity index (χ3n) is 5.42. The molecular formula is C25H23N5O5. The van der Waals surface area contributed by atoms with Crippen molar-refractivity contribution in [1.29, 1.82) is 0 Å². The Bertz CT molecular complexity index is 1510. The molecule has 2 heterocycles. The first-order valence-electron chi connectivity index (χ1n) is 10.9. The Hall–Kier alpha value is -4.73. The highest BCUT2D eigenvalue weighted by atomic mass is 16.5. The monoisotopic (exact) mass is 473 g/mol. The number of benzene rings is 2. The van der Waals surface area contributed by atoms with Crippen LogP contribution in [0.4, 0.5) is 11.5 Å². The first-order valence-corrected chi connectivity index (χ1v) is 10.9. The van der Waals surface area contributed by atoms with Gasteiger partial charge < -0.3 is 15.4 Å². The predicted molar refractivity (Wildman–Crippen MR) is 131 cm³/mol. The smallest absolute Gasteiger partial charge is 0.357 e. The van der Waals surface area contributed by atoms with Crippen LogP contribution in [0.2, 0.25) is 0 Å². The van der Waals surface area contributed by atoms with Gasteiger partial charge in [0, 0.05) is 11.9 Å². The maximum Gasteiger partial charge on any atom is 0.357 e. The highest BCUT2D eigenvalue weighted by Gasteiger charge is 2.24.